The normalized spacial score (nSPS) is 20.4. The zero-order valence-electron chi connectivity index (χ0n) is 16.1. The van der Waals surface area contributed by atoms with Gasteiger partial charge in [-0.3, -0.25) is 9.69 Å². The smallest absolute Gasteiger partial charge is 0.227 e. The number of nitrogens with zero attached hydrogens (tertiary/aromatic N) is 5. The maximum atomic E-state index is 12.8. The van der Waals surface area contributed by atoms with Crippen molar-refractivity contribution >= 4 is 5.91 Å². The second-order valence-electron chi connectivity index (χ2n) is 7.42. The molecule has 2 aliphatic rings. The molecule has 1 unspecified atom stereocenters. The monoisotopic (exact) mass is 369 g/mol. The Morgan fingerprint density at radius 3 is 2.67 bits per heavy atom. The van der Waals surface area contributed by atoms with Gasteiger partial charge in [0.1, 0.15) is 17.4 Å². The first-order chi connectivity index (χ1) is 13.2. The Morgan fingerprint density at radius 1 is 1.15 bits per heavy atom. The van der Waals surface area contributed by atoms with Crippen molar-refractivity contribution in [2.75, 3.05) is 33.8 Å². The van der Waals surface area contributed by atoms with Gasteiger partial charge in [-0.1, -0.05) is 12.1 Å². The van der Waals surface area contributed by atoms with Crippen LogP contribution in [0.15, 0.2) is 24.3 Å². The molecule has 0 aliphatic carbocycles. The lowest BCUT2D eigenvalue weighted by Crippen LogP contribution is -2.35. The number of hydrogen-bond donors (Lipinski definition) is 0. The highest BCUT2D eigenvalue weighted by atomic mass is 16.5. The maximum absolute atomic E-state index is 12.8. The van der Waals surface area contributed by atoms with Gasteiger partial charge in [0.15, 0.2) is 0 Å². The molecule has 0 spiro atoms. The van der Waals surface area contributed by atoms with Crippen LogP contribution >= 0.6 is 0 Å². The molecular formula is C20H27N5O2. The first kappa shape index (κ1) is 18.0. The van der Waals surface area contributed by atoms with Gasteiger partial charge in [0.2, 0.25) is 5.91 Å². The summed E-state index contributed by atoms with van der Waals surface area (Å²) < 4.78 is 7.42. The van der Waals surface area contributed by atoms with E-state index in [2.05, 4.69) is 26.7 Å². The number of hydrogen-bond acceptors (Lipinski definition) is 5. The van der Waals surface area contributed by atoms with Crippen LogP contribution in [0.5, 0.6) is 5.75 Å². The largest absolute Gasteiger partial charge is 0.497 e. The highest BCUT2D eigenvalue weighted by molar-refractivity contribution is 5.78. The number of likely N-dealkylation sites (tertiary alicyclic amines) is 1. The molecule has 144 valence electrons. The van der Waals surface area contributed by atoms with Crippen LogP contribution in [0.2, 0.25) is 0 Å². The van der Waals surface area contributed by atoms with Crippen LogP contribution in [-0.4, -0.2) is 64.3 Å². The summed E-state index contributed by atoms with van der Waals surface area (Å²) in [4.78, 5) is 17.1. The van der Waals surface area contributed by atoms with Crippen molar-refractivity contribution in [3.05, 3.63) is 41.5 Å². The van der Waals surface area contributed by atoms with Crippen molar-refractivity contribution in [3.63, 3.8) is 0 Å². The molecule has 1 fully saturated rings. The van der Waals surface area contributed by atoms with E-state index in [0.717, 1.165) is 48.9 Å². The number of fused-ring (bicyclic) bond motifs is 1. The number of aromatic nitrogens is 3. The predicted octanol–water partition coefficient (Wildman–Crippen LogP) is 1.68. The van der Waals surface area contributed by atoms with E-state index in [0.29, 0.717) is 25.6 Å². The van der Waals surface area contributed by atoms with E-state index in [1.807, 2.05) is 29.2 Å². The molecule has 0 saturated carbocycles. The number of amides is 1. The summed E-state index contributed by atoms with van der Waals surface area (Å²) in [5.74, 6) is 3.04. The number of benzene rings is 1. The van der Waals surface area contributed by atoms with E-state index in [1.165, 1.54) is 6.42 Å². The second kappa shape index (κ2) is 7.68. The van der Waals surface area contributed by atoms with E-state index < -0.39 is 0 Å². The number of rotatable bonds is 4. The van der Waals surface area contributed by atoms with Gasteiger partial charge in [0.25, 0.3) is 0 Å². The summed E-state index contributed by atoms with van der Waals surface area (Å²) in [6.07, 6.45) is 3.52. The third kappa shape index (κ3) is 3.69. The molecule has 1 atom stereocenters. The first-order valence-electron chi connectivity index (χ1n) is 9.68. The van der Waals surface area contributed by atoms with Crippen LogP contribution in [-0.2, 0) is 24.2 Å². The van der Waals surface area contributed by atoms with E-state index in [4.69, 9.17) is 4.74 Å². The van der Waals surface area contributed by atoms with Crippen molar-refractivity contribution < 1.29 is 9.53 Å². The molecule has 1 saturated heterocycles. The van der Waals surface area contributed by atoms with Crippen LogP contribution in [0.25, 0.3) is 0 Å². The lowest BCUT2D eigenvalue weighted by molar-refractivity contribution is -0.130. The quantitative estimate of drug-likeness (QED) is 0.821. The molecule has 4 rings (SSSR count). The Labute approximate surface area is 159 Å². The SMILES string of the molecule is COc1ccc(CC(=O)N2CCc3nnc(C4CCCN4C)n3CC2)cc1. The lowest BCUT2D eigenvalue weighted by atomic mass is 10.1. The van der Waals surface area contributed by atoms with Crippen molar-refractivity contribution in [2.45, 2.75) is 38.3 Å². The highest BCUT2D eigenvalue weighted by Crippen LogP contribution is 2.30. The van der Waals surface area contributed by atoms with Crippen molar-refractivity contribution in [1.82, 2.24) is 24.6 Å². The maximum Gasteiger partial charge on any atom is 0.227 e. The van der Waals surface area contributed by atoms with E-state index in [-0.39, 0.29) is 5.91 Å². The molecule has 27 heavy (non-hydrogen) atoms. The van der Waals surface area contributed by atoms with Gasteiger partial charge in [-0.05, 0) is 44.1 Å². The first-order valence-corrected chi connectivity index (χ1v) is 9.68. The minimum atomic E-state index is 0.165. The van der Waals surface area contributed by atoms with Crippen molar-refractivity contribution in [1.29, 1.82) is 0 Å². The predicted molar refractivity (Wildman–Crippen MR) is 102 cm³/mol. The average molecular weight is 369 g/mol. The second-order valence-corrected chi connectivity index (χ2v) is 7.42. The fourth-order valence-electron chi connectivity index (χ4n) is 4.11. The molecule has 0 radical (unpaired) electrons. The van der Waals surface area contributed by atoms with Gasteiger partial charge in [-0.25, -0.2) is 0 Å². The summed E-state index contributed by atoms with van der Waals surface area (Å²) in [5.41, 5.74) is 1.01. The third-order valence-corrected chi connectivity index (χ3v) is 5.74. The average Bonchev–Trinajstić information content (AvgIpc) is 3.21. The molecule has 1 amide bonds. The minimum absolute atomic E-state index is 0.165. The summed E-state index contributed by atoms with van der Waals surface area (Å²) in [7, 11) is 3.80. The molecule has 0 bridgehead atoms. The Bertz CT molecular complexity index is 801. The molecule has 2 aromatic rings. The number of ether oxygens (including phenoxy) is 1. The zero-order chi connectivity index (χ0) is 18.8. The Balaban J connectivity index is 1.42. The number of methoxy groups -OCH3 is 1. The topological polar surface area (TPSA) is 63.5 Å². The van der Waals surface area contributed by atoms with Crippen LogP contribution in [0, 0.1) is 0 Å². The summed E-state index contributed by atoms with van der Waals surface area (Å²) in [6, 6.07) is 8.07. The molecule has 7 nitrogen and oxygen atoms in total. The van der Waals surface area contributed by atoms with Gasteiger partial charge in [0.05, 0.1) is 19.6 Å². The van der Waals surface area contributed by atoms with Crippen LogP contribution in [0.4, 0.5) is 0 Å². The van der Waals surface area contributed by atoms with Crippen molar-refractivity contribution in [3.8, 4) is 5.75 Å². The van der Waals surface area contributed by atoms with Gasteiger partial charge < -0.3 is 14.2 Å². The fraction of sp³-hybridized carbons (Fsp3) is 0.550. The summed E-state index contributed by atoms with van der Waals surface area (Å²) in [6.45, 7) is 3.30. The molecule has 3 heterocycles. The minimum Gasteiger partial charge on any atom is -0.497 e. The summed E-state index contributed by atoms with van der Waals surface area (Å²) >= 11 is 0. The Morgan fingerprint density at radius 2 is 1.96 bits per heavy atom. The molecule has 1 aromatic carbocycles. The zero-order valence-corrected chi connectivity index (χ0v) is 16.1. The van der Waals surface area contributed by atoms with Gasteiger partial charge >= 0.3 is 0 Å². The molecule has 0 N–H and O–H groups in total. The molecule has 2 aliphatic heterocycles. The molecule has 1 aromatic heterocycles. The standard InChI is InChI=1S/C20H27N5O2/c1-23-10-3-4-17(23)20-22-21-18-9-11-24(12-13-25(18)20)19(26)14-15-5-7-16(27-2)8-6-15/h5-8,17H,3-4,9-14H2,1-2H3. The van der Waals surface area contributed by atoms with Crippen LogP contribution in [0.1, 0.15) is 36.1 Å². The third-order valence-electron chi connectivity index (χ3n) is 5.74. The van der Waals surface area contributed by atoms with Gasteiger partial charge in [0, 0.05) is 26.1 Å². The Hall–Kier alpha value is -2.41. The number of carbonyl (C=O) groups excluding carboxylic acids is 1. The van der Waals surface area contributed by atoms with Crippen LogP contribution < -0.4 is 4.74 Å². The Kier molecular flexibility index (Phi) is 5.11. The lowest BCUT2D eigenvalue weighted by Gasteiger charge is -2.22. The summed E-state index contributed by atoms with van der Waals surface area (Å²) in [5, 5.41) is 8.91. The van der Waals surface area contributed by atoms with Gasteiger partial charge in [-0.2, -0.15) is 0 Å². The van der Waals surface area contributed by atoms with E-state index in [1.54, 1.807) is 7.11 Å². The van der Waals surface area contributed by atoms with Crippen molar-refractivity contribution in [2.24, 2.45) is 0 Å². The number of carbonyl (C=O) groups is 1. The van der Waals surface area contributed by atoms with Crippen LogP contribution in [0.3, 0.4) is 0 Å². The molecule has 7 heteroatoms. The van der Waals surface area contributed by atoms with E-state index in [9.17, 15) is 4.79 Å². The highest BCUT2D eigenvalue weighted by Gasteiger charge is 2.30. The van der Waals surface area contributed by atoms with Gasteiger partial charge in [-0.15, -0.1) is 10.2 Å². The van der Waals surface area contributed by atoms with E-state index >= 15 is 0 Å². The molecular weight excluding hydrogens is 342 g/mol. The fourth-order valence-corrected chi connectivity index (χ4v) is 4.11.